The smallest absolute Gasteiger partial charge is 0.237 e. The number of nitrogens with zero attached hydrogens (tertiary/aromatic N) is 2. The third-order valence-electron chi connectivity index (χ3n) is 3.01. The van der Waals surface area contributed by atoms with Gasteiger partial charge >= 0.3 is 0 Å². The highest BCUT2D eigenvalue weighted by Gasteiger charge is 2.11. The zero-order valence-electron chi connectivity index (χ0n) is 11.2. The quantitative estimate of drug-likeness (QED) is 0.834. The van der Waals surface area contributed by atoms with Crippen LogP contribution in [0.25, 0.3) is 0 Å². The molecule has 0 aliphatic rings. The van der Waals surface area contributed by atoms with Gasteiger partial charge in [-0.3, -0.25) is 0 Å². The van der Waals surface area contributed by atoms with Gasteiger partial charge in [0.15, 0.2) is 0 Å². The van der Waals surface area contributed by atoms with Crippen molar-refractivity contribution in [3.8, 4) is 17.7 Å². The second-order valence-corrected chi connectivity index (χ2v) is 4.50. The first-order chi connectivity index (χ1) is 9.02. The summed E-state index contributed by atoms with van der Waals surface area (Å²) in [5.74, 6) is 0.937. The van der Waals surface area contributed by atoms with E-state index in [9.17, 15) is 0 Å². The molecule has 1 aromatic carbocycles. The Morgan fingerprint density at radius 2 is 1.89 bits per heavy atom. The van der Waals surface area contributed by atoms with Gasteiger partial charge in [-0.1, -0.05) is 6.07 Å². The maximum atomic E-state index is 9.15. The summed E-state index contributed by atoms with van der Waals surface area (Å²) in [6.07, 6.45) is 1.62. The van der Waals surface area contributed by atoms with Crippen LogP contribution in [-0.4, -0.2) is 4.98 Å². The number of hydrogen-bond donors (Lipinski definition) is 1. The maximum Gasteiger partial charge on any atom is 0.237 e. The van der Waals surface area contributed by atoms with Crippen LogP contribution in [0.4, 0.5) is 5.69 Å². The lowest BCUT2D eigenvalue weighted by Gasteiger charge is -2.12. The molecule has 0 bridgehead atoms. The van der Waals surface area contributed by atoms with Gasteiger partial charge in [-0.05, 0) is 43.5 Å². The number of rotatable bonds is 2. The van der Waals surface area contributed by atoms with Gasteiger partial charge < -0.3 is 10.5 Å². The van der Waals surface area contributed by atoms with Crippen molar-refractivity contribution in [2.75, 3.05) is 5.73 Å². The molecule has 4 heteroatoms. The monoisotopic (exact) mass is 253 g/mol. The van der Waals surface area contributed by atoms with E-state index in [0.29, 0.717) is 22.9 Å². The highest BCUT2D eigenvalue weighted by Crippen LogP contribution is 2.30. The molecule has 1 heterocycles. The molecule has 4 nitrogen and oxygen atoms in total. The first kappa shape index (κ1) is 12.9. The summed E-state index contributed by atoms with van der Waals surface area (Å²) in [5.41, 5.74) is 9.78. The first-order valence-corrected chi connectivity index (χ1v) is 5.93. The molecule has 0 unspecified atom stereocenters. The van der Waals surface area contributed by atoms with Crippen molar-refractivity contribution in [3.05, 3.63) is 46.6 Å². The Hall–Kier alpha value is -2.54. The van der Waals surface area contributed by atoms with Gasteiger partial charge in [0.05, 0.1) is 0 Å². The minimum absolute atomic E-state index is 0.314. The van der Waals surface area contributed by atoms with Crippen molar-refractivity contribution >= 4 is 5.69 Å². The standard InChI is InChI=1S/C15H15N3O/c1-9-4-5-18-15(12(9)8-16)19-14-7-13(17)10(2)6-11(14)3/h4-7H,17H2,1-3H3. The number of ether oxygens (including phenoxy) is 1. The summed E-state index contributed by atoms with van der Waals surface area (Å²) in [4.78, 5) is 4.11. The summed E-state index contributed by atoms with van der Waals surface area (Å²) in [7, 11) is 0. The van der Waals surface area contributed by atoms with Crippen molar-refractivity contribution in [1.29, 1.82) is 5.26 Å². The van der Waals surface area contributed by atoms with Crippen LogP contribution in [0.2, 0.25) is 0 Å². The normalized spacial score (nSPS) is 10.0. The van der Waals surface area contributed by atoms with E-state index in [0.717, 1.165) is 16.7 Å². The molecule has 1 aromatic heterocycles. The molecular formula is C15H15N3O. The Morgan fingerprint density at radius 1 is 1.16 bits per heavy atom. The number of benzene rings is 1. The topological polar surface area (TPSA) is 71.9 Å². The SMILES string of the molecule is Cc1cc(C)c(Oc2nccc(C)c2C#N)cc1N. The van der Waals surface area contributed by atoms with Crippen molar-refractivity contribution in [2.45, 2.75) is 20.8 Å². The fourth-order valence-electron chi connectivity index (χ4n) is 1.81. The number of aromatic nitrogens is 1. The number of aryl methyl sites for hydroxylation is 3. The van der Waals surface area contributed by atoms with Crippen molar-refractivity contribution in [1.82, 2.24) is 4.98 Å². The predicted octanol–water partition coefficient (Wildman–Crippen LogP) is 3.25. The molecule has 0 aliphatic carbocycles. The average molecular weight is 253 g/mol. The molecule has 2 N–H and O–H groups in total. The maximum absolute atomic E-state index is 9.15. The third kappa shape index (κ3) is 2.50. The minimum Gasteiger partial charge on any atom is -0.437 e. The Labute approximate surface area is 112 Å². The number of pyridine rings is 1. The summed E-state index contributed by atoms with van der Waals surface area (Å²) in [6.45, 7) is 5.73. The lowest BCUT2D eigenvalue weighted by molar-refractivity contribution is 0.457. The van der Waals surface area contributed by atoms with Gasteiger partial charge in [-0.15, -0.1) is 0 Å². The van der Waals surface area contributed by atoms with Gasteiger partial charge in [0.2, 0.25) is 5.88 Å². The first-order valence-electron chi connectivity index (χ1n) is 5.93. The number of nitriles is 1. The molecule has 0 spiro atoms. The molecule has 96 valence electrons. The molecule has 0 saturated heterocycles. The number of nitrogens with two attached hydrogens (primary N) is 1. The van der Waals surface area contributed by atoms with Gasteiger partial charge in [-0.2, -0.15) is 5.26 Å². The lowest BCUT2D eigenvalue weighted by Crippen LogP contribution is -1.98. The minimum atomic E-state index is 0.314. The predicted molar refractivity (Wildman–Crippen MR) is 74.1 cm³/mol. The molecule has 0 fully saturated rings. The van der Waals surface area contributed by atoms with E-state index >= 15 is 0 Å². The zero-order valence-corrected chi connectivity index (χ0v) is 11.2. The molecule has 0 aliphatic heterocycles. The van der Waals surface area contributed by atoms with E-state index in [-0.39, 0.29) is 0 Å². The van der Waals surface area contributed by atoms with E-state index < -0.39 is 0 Å². The Balaban J connectivity index is 2.45. The second-order valence-electron chi connectivity index (χ2n) is 4.50. The highest BCUT2D eigenvalue weighted by molar-refractivity contribution is 5.55. The molecule has 19 heavy (non-hydrogen) atoms. The van der Waals surface area contributed by atoms with E-state index in [4.69, 9.17) is 15.7 Å². The van der Waals surface area contributed by atoms with E-state index in [1.165, 1.54) is 0 Å². The van der Waals surface area contributed by atoms with Crippen LogP contribution in [0.3, 0.4) is 0 Å². The Morgan fingerprint density at radius 3 is 2.58 bits per heavy atom. The Kier molecular flexibility index (Phi) is 3.39. The summed E-state index contributed by atoms with van der Waals surface area (Å²) < 4.78 is 5.73. The second kappa shape index (κ2) is 4.99. The van der Waals surface area contributed by atoms with Gasteiger partial charge in [0.25, 0.3) is 0 Å². The fraction of sp³-hybridized carbons (Fsp3) is 0.200. The molecule has 0 radical (unpaired) electrons. The van der Waals surface area contributed by atoms with Gasteiger partial charge in [0, 0.05) is 18.0 Å². The van der Waals surface area contributed by atoms with E-state index in [1.54, 1.807) is 18.3 Å². The van der Waals surface area contributed by atoms with Crippen molar-refractivity contribution in [2.24, 2.45) is 0 Å². The van der Waals surface area contributed by atoms with Crippen molar-refractivity contribution in [3.63, 3.8) is 0 Å². The zero-order chi connectivity index (χ0) is 14.0. The van der Waals surface area contributed by atoms with Gasteiger partial charge in [0.1, 0.15) is 17.4 Å². The molecule has 0 atom stereocenters. The van der Waals surface area contributed by atoms with Crippen molar-refractivity contribution < 1.29 is 4.74 Å². The molecule has 2 rings (SSSR count). The van der Waals surface area contributed by atoms with Gasteiger partial charge in [-0.25, -0.2) is 4.98 Å². The molecule has 0 amide bonds. The third-order valence-corrected chi connectivity index (χ3v) is 3.01. The van der Waals surface area contributed by atoms with Crippen LogP contribution >= 0.6 is 0 Å². The average Bonchev–Trinajstić information content (AvgIpc) is 2.36. The largest absolute Gasteiger partial charge is 0.437 e. The fourth-order valence-corrected chi connectivity index (χ4v) is 1.81. The molecule has 0 saturated carbocycles. The van der Waals surface area contributed by atoms with Crippen LogP contribution in [0.5, 0.6) is 11.6 Å². The van der Waals surface area contributed by atoms with E-state index in [2.05, 4.69) is 11.1 Å². The van der Waals surface area contributed by atoms with Crippen LogP contribution in [-0.2, 0) is 0 Å². The molecule has 2 aromatic rings. The van der Waals surface area contributed by atoms with Crippen LogP contribution in [0.1, 0.15) is 22.3 Å². The lowest BCUT2D eigenvalue weighted by atomic mass is 10.1. The van der Waals surface area contributed by atoms with Crippen LogP contribution in [0.15, 0.2) is 24.4 Å². The number of nitrogen functional groups attached to an aromatic ring is 1. The summed E-state index contributed by atoms with van der Waals surface area (Å²) in [5, 5.41) is 9.15. The highest BCUT2D eigenvalue weighted by atomic mass is 16.5. The van der Waals surface area contributed by atoms with E-state index in [1.807, 2.05) is 26.8 Å². The van der Waals surface area contributed by atoms with Crippen LogP contribution < -0.4 is 10.5 Å². The number of hydrogen-bond acceptors (Lipinski definition) is 4. The summed E-state index contributed by atoms with van der Waals surface area (Å²) in [6, 6.07) is 7.60. The van der Waals surface area contributed by atoms with Crippen LogP contribution in [0, 0.1) is 32.1 Å². The molecular weight excluding hydrogens is 238 g/mol. The Bertz CT molecular complexity index is 672. The number of anilines is 1. The summed E-state index contributed by atoms with van der Waals surface area (Å²) >= 11 is 0.